The molecule has 0 bridgehead atoms. The molecule has 6 heteroatoms. The van der Waals surface area contributed by atoms with Crippen molar-refractivity contribution in [1.29, 1.82) is 0 Å². The van der Waals surface area contributed by atoms with Gasteiger partial charge in [-0.05, 0) is 52.9 Å². The molecule has 1 aliphatic heterocycles. The summed E-state index contributed by atoms with van der Waals surface area (Å²) < 4.78 is 0.796. The fourth-order valence-electron chi connectivity index (χ4n) is 3.24. The molecule has 2 heterocycles. The second-order valence-electron chi connectivity index (χ2n) is 6.95. The van der Waals surface area contributed by atoms with Gasteiger partial charge in [0.25, 0.3) is 5.91 Å². The van der Waals surface area contributed by atoms with E-state index in [2.05, 4.69) is 76.9 Å². The average molecular weight is 405 g/mol. The Balaban J connectivity index is 1.70. The molecule has 1 aliphatic rings. The van der Waals surface area contributed by atoms with Crippen LogP contribution >= 0.6 is 15.9 Å². The lowest BCUT2D eigenvalue weighted by molar-refractivity contribution is 0.0740. The monoisotopic (exact) mass is 404 g/mol. The van der Waals surface area contributed by atoms with Gasteiger partial charge in [-0.15, -0.1) is 0 Å². The molecule has 1 aromatic heterocycles. The number of hydrogen-bond acceptors (Lipinski definition) is 3. The van der Waals surface area contributed by atoms with Crippen molar-refractivity contribution in [2.45, 2.75) is 33.6 Å². The lowest BCUT2D eigenvalue weighted by Gasteiger charge is -2.36. The quantitative estimate of drug-likeness (QED) is 0.844. The fraction of sp³-hybridized carbons (Fsp3) is 0.474. The molecular formula is C19H25BrN4O. The number of piperazine rings is 1. The first-order valence-electron chi connectivity index (χ1n) is 8.74. The Morgan fingerprint density at radius 3 is 2.48 bits per heavy atom. The van der Waals surface area contributed by atoms with Crippen molar-refractivity contribution in [3.63, 3.8) is 0 Å². The van der Waals surface area contributed by atoms with E-state index in [0.29, 0.717) is 24.7 Å². The fourth-order valence-corrected chi connectivity index (χ4v) is 4.05. The first-order valence-corrected chi connectivity index (χ1v) is 9.53. The highest BCUT2D eigenvalue weighted by atomic mass is 79.9. The van der Waals surface area contributed by atoms with Crippen molar-refractivity contribution in [2.75, 3.05) is 31.1 Å². The van der Waals surface area contributed by atoms with E-state index in [-0.39, 0.29) is 5.91 Å². The topological polar surface area (TPSA) is 52.2 Å². The summed E-state index contributed by atoms with van der Waals surface area (Å²) in [7, 11) is 0. The Hall–Kier alpha value is -1.82. The maximum absolute atomic E-state index is 12.8. The largest absolute Gasteiger partial charge is 0.368 e. The van der Waals surface area contributed by atoms with E-state index < -0.39 is 0 Å². The van der Waals surface area contributed by atoms with Crippen molar-refractivity contribution in [1.82, 2.24) is 15.1 Å². The van der Waals surface area contributed by atoms with Crippen molar-refractivity contribution in [3.8, 4) is 0 Å². The summed E-state index contributed by atoms with van der Waals surface area (Å²) in [6, 6.07) is 6.41. The van der Waals surface area contributed by atoms with Crippen molar-refractivity contribution < 1.29 is 4.79 Å². The molecule has 0 atom stereocenters. The first kappa shape index (κ1) is 18.0. The number of nitrogens with zero attached hydrogens (tertiary/aromatic N) is 3. The van der Waals surface area contributed by atoms with Gasteiger partial charge in [0.15, 0.2) is 5.69 Å². The number of aryl methyl sites for hydroxylation is 1. The molecular weight excluding hydrogens is 380 g/mol. The molecule has 0 spiro atoms. The minimum atomic E-state index is -0.00404. The Morgan fingerprint density at radius 1 is 1.20 bits per heavy atom. The Labute approximate surface area is 157 Å². The van der Waals surface area contributed by atoms with Gasteiger partial charge in [0, 0.05) is 31.9 Å². The smallest absolute Gasteiger partial charge is 0.275 e. The number of amides is 1. The third-order valence-electron chi connectivity index (χ3n) is 5.00. The zero-order chi connectivity index (χ0) is 18.1. The third kappa shape index (κ3) is 3.45. The number of aromatic nitrogens is 2. The number of benzene rings is 1. The molecule has 1 fully saturated rings. The zero-order valence-corrected chi connectivity index (χ0v) is 16.9. The SMILES string of the molecule is Cc1cccc(N2CCN(C(=O)c3n[nH]c(C(C)C)c3Br)CC2)c1C. The summed E-state index contributed by atoms with van der Waals surface area (Å²) in [5, 5.41) is 7.23. The maximum Gasteiger partial charge on any atom is 0.275 e. The number of carbonyl (C=O) groups excluding carboxylic acids is 1. The molecule has 2 aromatic rings. The number of H-pyrrole nitrogens is 1. The number of hydrogen-bond donors (Lipinski definition) is 1. The van der Waals surface area contributed by atoms with Crippen molar-refractivity contribution in [2.24, 2.45) is 0 Å². The highest BCUT2D eigenvalue weighted by molar-refractivity contribution is 9.10. The third-order valence-corrected chi connectivity index (χ3v) is 5.80. The normalized spacial score (nSPS) is 15.1. The summed E-state index contributed by atoms with van der Waals surface area (Å²) in [5.41, 5.74) is 5.35. The van der Waals surface area contributed by atoms with Gasteiger partial charge in [-0.2, -0.15) is 5.10 Å². The molecule has 5 nitrogen and oxygen atoms in total. The Kier molecular flexibility index (Phi) is 5.18. The molecule has 0 radical (unpaired) electrons. The standard InChI is InChI=1S/C19H25BrN4O/c1-12(2)17-16(20)18(22-21-17)19(25)24-10-8-23(9-11-24)15-7-5-6-13(3)14(15)4/h5-7,12H,8-11H2,1-4H3,(H,21,22). The number of rotatable bonds is 3. The van der Waals surface area contributed by atoms with Gasteiger partial charge in [-0.1, -0.05) is 26.0 Å². The lowest BCUT2D eigenvalue weighted by atomic mass is 10.1. The minimum Gasteiger partial charge on any atom is -0.368 e. The number of halogens is 1. The van der Waals surface area contributed by atoms with Gasteiger partial charge in [0.1, 0.15) is 0 Å². The van der Waals surface area contributed by atoms with Crippen LogP contribution in [-0.4, -0.2) is 47.2 Å². The summed E-state index contributed by atoms with van der Waals surface area (Å²) in [6.45, 7) is 11.6. The van der Waals surface area contributed by atoms with E-state index in [1.807, 2.05) is 4.90 Å². The van der Waals surface area contributed by atoms with Crippen LogP contribution in [0.3, 0.4) is 0 Å². The van der Waals surface area contributed by atoms with Crippen molar-refractivity contribution in [3.05, 3.63) is 45.2 Å². The van der Waals surface area contributed by atoms with E-state index in [9.17, 15) is 4.79 Å². The van der Waals surface area contributed by atoms with Crippen LogP contribution in [0.25, 0.3) is 0 Å². The van der Waals surface area contributed by atoms with Crippen LogP contribution < -0.4 is 4.90 Å². The van der Waals surface area contributed by atoms with Crippen molar-refractivity contribution >= 4 is 27.5 Å². The molecule has 0 unspecified atom stereocenters. The highest BCUT2D eigenvalue weighted by Crippen LogP contribution is 2.28. The van der Waals surface area contributed by atoms with Crippen LogP contribution in [0, 0.1) is 13.8 Å². The lowest BCUT2D eigenvalue weighted by Crippen LogP contribution is -2.49. The van der Waals surface area contributed by atoms with Crippen LogP contribution in [0.4, 0.5) is 5.69 Å². The van der Waals surface area contributed by atoms with Crippen LogP contribution in [-0.2, 0) is 0 Å². The van der Waals surface area contributed by atoms with Gasteiger partial charge in [-0.25, -0.2) is 0 Å². The van der Waals surface area contributed by atoms with E-state index in [1.54, 1.807) is 0 Å². The second-order valence-corrected chi connectivity index (χ2v) is 7.75. The number of nitrogens with one attached hydrogen (secondary N) is 1. The van der Waals surface area contributed by atoms with Crippen LogP contribution in [0.2, 0.25) is 0 Å². The Morgan fingerprint density at radius 2 is 1.88 bits per heavy atom. The average Bonchev–Trinajstić information content (AvgIpc) is 2.98. The molecule has 1 saturated heterocycles. The molecule has 1 aromatic carbocycles. The predicted octanol–water partition coefficient (Wildman–Crippen LogP) is 3.87. The van der Waals surface area contributed by atoms with Gasteiger partial charge in [0.05, 0.1) is 10.2 Å². The number of carbonyl (C=O) groups is 1. The van der Waals surface area contributed by atoms with Gasteiger partial charge >= 0.3 is 0 Å². The molecule has 0 saturated carbocycles. The van der Waals surface area contributed by atoms with E-state index in [4.69, 9.17) is 0 Å². The van der Waals surface area contributed by atoms with E-state index in [1.165, 1.54) is 16.8 Å². The van der Waals surface area contributed by atoms with Crippen LogP contribution in [0.15, 0.2) is 22.7 Å². The van der Waals surface area contributed by atoms with E-state index in [0.717, 1.165) is 23.3 Å². The van der Waals surface area contributed by atoms with Gasteiger partial charge < -0.3 is 9.80 Å². The van der Waals surface area contributed by atoms with Crippen LogP contribution in [0.5, 0.6) is 0 Å². The van der Waals surface area contributed by atoms with Gasteiger partial charge in [0.2, 0.25) is 0 Å². The molecule has 3 rings (SSSR count). The molecule has 0 aliphatic carbocycles. The first-order chi connectivity index (χ1) is 11.9. The van der Waals surface area contributed by atoms with E-state index >= 15 is 0 Å². The molecule has 1 amide bonds. The predicted molar refractivity (Wildman–Crippen MR) is 104 cm³/mol. The molecule has 1 N–H and O–H groups in total. The Bertz CT molecular complexity index is 776. The van der Waals surface area contributed by atoms with Gasteiger partial charge in [-0.3, -0.25) is 9.89 Å². The minimum absolute atomic E-state index is 0.00404. The summed E-state index contributed by atoms with van der Waals surface area (Å²) in [5.74, 6) is 0.292. The number of anilines is 1. The van der Waals surface area contributed by atoms with Crippen LogP contribution in [0.1, 0.15) is 47.1 Å². The maximum atomic E-state index is 12.8. The summed E-state index contributed by atoms with van der Waals surface area (Å²) >= 11 is 3.53. The summed E-state index contributed by atoms with van der Waals surface area (Å²) in [4.78, 5) is 17.1. The highest BCUT2D eigenvalue weighted by Gasteiger charge is 2.27. The summed E-state index contributed by atoms with van der Waals surface area (Å²) in [6.07, 6.45) is 0. The number of aromatic amines is 1. The second kappa shape index (κ2) is 7.20. The molecule has 25 heavy (non-hydrogen) atoms. The molecule has 134 valence electrons. The zero-order valence-electron chi connectivity index (χ0n) is 15.3.